The molecule has 5 heteroatoms. The Hall–Kier alpha value is -0.680. The summed E-state index contributed by atoms with van der Waals surface area (Å²) in [5.41, 5.74) is 5.40. The minimum Gasteiger partial charge on any atom is -0.377 e. The molecule has 1 rings (SSSR count). The Kier molecular flexibility index (Phi) is 3.96. The van der Waals surface area contributed by atoms with E-state index in [4.69, 9.17) is 11.6 Å². The Morgan fingerprint density at radius 1 is 1.67 bits per heavy atom. The van der Waals surface area contributed by atoms with E-state index in [1.165, 1.54) is 16.6 Å². The minimum atomic E-state index is 0.451. The van der Waals surface area contributed by atoms with Gasteiger partial charge in [-0.2, -0.15) is 5.10 Å². The number of aryl methyl sites for hydroxylation is 1. The van der Waals surface area contributed by atoms with E-state index < -0.39 is 0 Å². The minimum absolute atomic E-state index is 0.451. The van der Waals surface area contributed by atoms with Crippen LogP contribution >= 0.6 is 23.1 Å². The molecule has 0 atom stereocenters. The standard InChI is InChI=1S/C7H11N3S2/c8-7(10-9)12-5-3-6-2-1-4-11-6/h1-2,4H,3,5,9H2,(H2,8,10). The number of hydrogen-bond acceptors (Lipinski definition) is 4. The number of rotatable bonds is 3. The molecule has 1 aromatic heterocycles. The van der Waals surface area contributed by atoms with Crippen LogP contribution in [0.5, 0.6) is 0 Å². The van der Waals surface area contributed by atoms with Gasteiger partial charge in [-0.05, 0) is 17.9 Å². The molecule has 1 aromatic rings. The van der Waals surface area contributed by atoms with Crippen LogP contribution in [0.4, 0.5) is 0 Å². The van der Waals surface area contributed by atoms with Crippen LogP contribution in [0.1, 0.15) is 4.88 Å². The van der Waals surface area contributed by atoms with Gasteiger partial charge in [0.1, 0.15) is 0 Å². The van der Waals surface area contributed by atoms with Gasteiger partial charge in [-0.15, -0.1) is 11.3 Å². The summed E-state index contributed by atoms with van der Waals surface area (Å²) in [6.07, 6.45) is 1.03. The fourth-order valence-corrected chi connectivity index (χ4v) is 2.19. The van der Waals surface area contributed by atoms with Crippen LogP contribution in [-0.2, 0) is 6.42 Å². The van der Waals surface area contributed by atoms with Crippen molar-refractivity contribution in [3.8, 4) is 0 Å². The normalized spacial score (nSPS) is 11.8. The van der Waals surface area contributed by atoms with E-state index in [1.807, 2.05) is 6.07 Å². The molecule has 0 aromatic carbocycles. The maximum atomic E-state index is 5.40. The van der Waals surface area contributed by atoms with E-state index in [2.05, 4.69) is 16.5 Å². The third kappa shape index (κ3) is 3.15. The number of thioether (sulfide) groups is 1. The van der Waals surface area contributed by atoms with Crippen molar-refractivity contribution in [1.29, 1.82) is 0 Å². The van der Waals surface area contributed by atoms with Crippen molar-refractivity contribution in [2.75, 3.05) is 5.75 Å². The summed E-state index contributed by atoms with van der Waals surface area (Å²) in [6.45, 7) is 0. The van der Waals surface area contributed by atoms with E-state index in [0.29, 0.717) is 5.17 Å². The van der Waals surface area contributed by atoms with Gasteiger partial charge < -0.3 is 11.6 Å². The zero-order valence-corrected chi connectivity index (χ0v) is 8.20. The topological polar surface area (TPSA) is 64.4 Å². The van der Waals surface area contributed by atoms with Crippen molar-refractivity contribution < 1.29 is 0 Å². The third-order valence-electron chi connectivity index (χ3n) is 1.31. The van der Waals surface area contributed by atoms with E-state index in [9.17, 15) is 0 Å². The van der Waals surface area contributed by atoms with Gasteiger partial charge in [0, 0.05) is 10.6 Å². The average Bonchev–Trinajstić information content (AvgIpc) is 2.57. The second-order valence-corrected chi connectivity index (χ2v) is 4.29. The Balaban J connectivity index is 2.19. The first-order valence-electron chi connectivity index (χ1n) is 3.51. The molecule has 66 valence electrons. The number of hydrogen-bond donors (Lipinski definition) is 2. The van der Waals surface area contributed by atoms with Crippen molar-refractivity contribution in [2.45, 2.75) is 6.42 Å². The lowest BCUT2D eigenvalue weighted by atomic mass is 10.4. The van der Waals surface area contributed by atoms with Gasteiger partial charge in [0.05, 0.1) is 0 Å². The summed E-state index contributed by atoms with van der Waals surface area (Å²) >= 11 is 3.24. The zero-order valence-electron chi connectivity index (χ0n) is 6.56. The summed E-state index contributed by atoms with van der Waals surface area (Å²) in [7, 11) is 0. The maximum absolute atomic E-state index is 5.40. The molecule has 4 N–H and O–H groups in total. The molecule has 0 fully saturated rings. The van der Waals surface area contributed by atoms with Crippen LogP contribution < -0.4 is 11.6 Å². The summed E-state index contributed by atoms with van der Waals surface area (Å²) in [5, 5.41) is 5.89. The van der Waals surface area contributed by atoms with E-state index in [1.54, 1.807) is 11.3 Å². The zero-order chi connectivity index (χ0) is 8.81. The highest BCUT2D eigenvalue weighted by atomic mass is 32.2. The molecule has 0 saturated heterocycles. The number of thiophene rings is 1. The van der Waals surface area contributed by atoms with E-state index in [0.717, 1.165) is 12.2 Å². The lowest BCUT2D eigenvalue weighted by molar-refractivity contribution is 1.21. The van der Waals surface area contributed by atoms with Crippen molar-refractivity contribution in [2.24, 2.45) is 16.7 Å². The van der Waals surface area contributed by atoms with Crippen LogP contribution in [0.3, 0.4) is 0 Å². The third-order valence-corrected chi connectivity index (χ3v) is 3.05. The summed E-state index contributed by atoms with van der Waals surface area (Å²) in [5.74, 6) is 5.91. The number of amidine groups is 1. The quantitative estimate of drug-likeness (QED) is 0.334. The van der Waals surface area contributed by atoms with Crippen molar-refractivity contribution in [3.05, 3.63) is 22.4 Å². The van der Waals surface area contributed by atoms with Crippen LogP contribution in [-0.4, -0.2) is 10.9 Å². The largest absolute Gasteiger partial charge is 0.377 e. The summed E-state index contributed by atoms with van der Waals surface area (Å²) in [4.78, 5) is 1.37. The smallest absolute Gasteiger partial charge is 0.177 e. The lowest BCUT2D eigenvalue weighted by Gasteiger charge is -1.96. The fraction of sp³-hybridized carbons (Fsp3) is 0.286. The highest BCUT2D eigenvalue weighted by Crippen LogP contribution is 2.12. The Morgan fingerprint density at radius 3 is 3.08 bits per heavy atom. The molecule has 0 bridgehead atoms. The first kappa shape index (κ1) is 9.41. The monoisotopic (exact) mass is 201 g/mol. The second-order valence-electron chi connectivity index (χ2n) is 2.15. The number of hydrazone groups is 1. The molecule has 0 saturated carbocycles. The molecule has 0 spiro atoms. The molecular formula is C7H11N3S2. The molecule has 12 heavy (non-hydrogen) atoms. The number of nitrogens with zero attached hydrogens (tertiary/aromatic N) is 1. The predicted molar refractivity (Wildman–Crippen MR) is 56.3 cm³/mol. The molecule has 1 heterocycles. The van der Waals surface area contributed by atoms with Gasteiger partial charge >= 0.3 is 0 Å². The van der Waals surface area contributed by atoms with Crippen LogP contribution in [0.15, 0.2) is 22.6 Å². The van der Waals surface area contributed by atoms with Crippen molar-refractivity contribution >= 4 is 28.3 Å². The second kappa shape index (κ2) is 5.05. The molecule has 3 nitrogen and oxygen atoms in total. The predicted octanol–water partition coefficient (Wildman–Crippen LogP) is 1.21. The molecule has 0 aliphatic carbocycles. The van der Waals surface area contributed by atoms with Gasteiger partial charge in [-0.1, -0.05) is 17.8 Å². The first-order chi connectivity index (χ1) is 5.83. The molecular weight excluding hydrogens is 190 g/mol. The molecule has 0 aliphatic rings. The first-order valence-corrected chi connectivity index (χ1v) is 5.38. The van der Waals surface area contributed by atoms with Crippen LogP contribution in [0, 0.1) is 0 Å². The molecule has 0 amide bonds. The van der Waals surface area contributed by atoms with Crippen molar-refractivity contribution in [1.82, 2.24) is 0 Å². The van der Waals surface area contributed by atoms with Crippen LogP contribution in [0.25, 0.3) is 0 Å². The Labute approximate surface area is 79.8 Å². The number of nitrogens with two attached hydrogens (primary N) is 2. The highest BCUT2D eigenvalue weighted by molar-refractivity contribution is 8.13. The molecule has 0 unspecified atom stereocenters. The Bertz CT molecular complexity index is 243. The van der Waals surface area contributed by atoms with E-state index in [-0.39, 0.29) is 0 Å². The molecule has 0 aliphatic heterocycles. The maximum Gasteiger partial charge on any atom is 0.177 e. The summed E-state index contributed by atoms with van der Waals surface area (Å²) < 4.78 is 0. The van der Waals surface area contributed by atoms with Gasteiger partial charge in [-0.3, -0.25) is 0 Å². The van der Waals surface area contributed by atoms with Gasteiger partial charge in [0.25, 0.3) is 0 Å². The SMILES string of the molecule is NN=C(N)SCCc1cccs1. The van der Waals surface area contributed by atoms with Crippen molar-refractivity contribution in [3.63, 3.8) is 0 Å². The van der Waals surface area contributed by atoms with Gasteiger partial charge in [0.2, 0.25) is 0 Å². The average molecular weight is 201 g/mol. The lowest BCUT2D eigenvalue weighted by Crippen LogP contribution is -2.10. The van der Waals surface area contributed by atoms with E-state index >= 15 is 0 Å². The van der Waals surface area contributed by atoms with Gasteiger partial charge in [-0.25, -0.2) is 0 Å². The van der Waals surface area contributed by atoms with Gasteiger partial charge in [0.15, 0.2) is 5.17 Å². The Morgan fingerprint density at radius 2 is 2.50 bits per heavy atom. The summed E-state index contributed by atoms with van der Waals surface area (Å²) in [6, 6.07) is 4.16. The van der Waals surface area contributed by atoms with Crippen LogP contribution in [0.2, 0.25) is 0 Å². The highest BCUT2D eigenvalue weighted by Gasteiger charge is 1.95. The molecule has 0 radical (unpaired) electrons. The fourth-order valence-electron chi connectivity index (χ4n) is 0.748.